The van der Waals surface area contributed by atoms with E-state index in [1.807, 2.05) is 20.8 Å². The maximum absolute atomic E-state index is 14.2. The molecule has 7 atom stereocenters. The molecule has 3 aromatic rings. The van der Waals surface area contributed by atoms with E-state index in [-0.39, 0.29) is 82.8 Å². The van der Waals surface area contributed by atoms with Gasteiger partial charge in [-0.3, -0.25) is 57.5 Å². The fraction of sp³-hybridized carbons (Fsp3) is 0.566. The van der Waals surface area contributed by atoms with Crippen molar-refractivity contribution in [2.45, 2.75) is 154 Å². The van der Waals surface area contributed by atoms with Crippen LogP contribution in [0.3, 0.4) is 0 Å². The number of hydrogen-bond acceptors (Lipinski definition) is 14. The van der Waals surface area contributed by atoms with E-state index >= 15 is 0 Å². The first-order valence-corrected chi connectivity index (χ1v) is 27.1. The van der Waals surface area contributed by atoms with Gasteiger partial charge in [0.1, 0.15) is 42.3 Å². The lowest BCUT2D eigenvalue weighted by Crippen LogP contribution is -2.59. The van der Waals surface area contributed by atoms with Crippen molar-refractivity contribution in [3.63, 3.8) is 0 Å². The minimum Gasteiger partial charge on any atom is -0.370 e. The predicted molar refractivity (Wildman–Crippen MR) is 297 cm³/mol. The van der Waals surface area contributed by atoms with Gasteiger partial charge >= 0.3 is 0 Å². The highest BCUT2D eigenvalue weighted by Gasteiger charge is 2.34. The first kappa shape index (κ1) is 66.8. The Balaban J connectivity index is 1.72. The predicted octanol–water partition coefficient (Wildman–Crippen LogP) is -2.79. The average Bonchev–Trinajstić information content (AvgIpc) is 4.08. The number of primary amides is 2. The second-order valence-electron chi connectivity index (χ2n) is 20.4. The third-order valence-corrected chi connectivity index (χ3v) is 12.7. The smallest absolute Gasteiger partial charge is 0.243 e. The van der Waals surface area contributed by atoms with Crippen molar-refractivity contribution < 1.29 is 57.5 Å². The monoisotopic (exact) mass is 1130 g/mol. The topological polar surface area (TPSA) is 448 Å². The Hall–Kier alpha value is -8.43. The van der Waals surface area contributed by atoms with Gasteiger partial charge in [0.15, 0.2) is 0 Å². The van der Waals surface area contributed by atoms with E-state index in [0.717, 1.165) is 17.3 Å². The summed E-state index contributed by atoms with van der Waals surface area (Å²) in [5.41, 5.74) is 18.1. The van der Waals surface area contributed by atoms with Gasteiger partial charge in [-0.1, -0.05) is 65.7 Å². The largest absolute Gasteiger partial charge is 0.370 e. The van der Waals surface area contributed by atoms with Crippen molar-refractivity contribution in [3.05, 3.63) is 54.2 Å². The molecule has 0 saturated heterocycles. The molecule has 0 radical (unpaired) electrons. The lowest BCUT2D eigenvalue weighted by molar-refractivity contribution is -0.135. The molecule has 81 heavy (non-hydrogen) atoms. The Kier molecular flexibility index (Phi) is 28.5. The summed E-state index contributed by atoms with van der Waals surface area (Å²) < 4.78 is 0. The van der Waals surface area contributed by atoms with Gasteiger partial charge in [0.05, 0.1) is 12.9 Å². The number of imidazole rings is 1. The van der Waals surface area contributed by atoms with Crippen molar-refractivity contribution in [1.29, 1.82) is 0 Å². The molecule has 0 aliphatic rings. The van der Waals surface area contributed by atoms with Crippen LogP contribution < -0.4 is 70.4 Å². The number of aromatic nitrogens is 3. The summed E-state index contributed by atoms with van der Waals surface area (Å²) >= 11 is 0. The lowest BCUT2D eigenvalue weighted by atomic mass is 10.0. The molecule has 12 amide bonds. The van der Waals surface area contributed by atoms with Crippen molar-refractivity contribution in [3.8, 4) is 0 Å². The number of carbonyl (C=O) groups excluding carboxylic acids is 12. The Bertz CT molecular complexity index is 2620. The highest BCUT2D eigenvalue weighted by atomic mass is 16.2. The zero-order chi connectivity index (χ0) is 60.2. The molecule has 0 aliphatic heterocycles. The summed E-state index contributed by atoms with van der Waals surface area (Å²) in [6.45, 7) is 9.61. The van der Waals surface area contributed by atoms with Crippen molar-refractivity contribution in [1.82, 2.24) is 68.1 Å². The van der Waals surface area contributed by atoms with Crippen molar-refractivity contribution in [2.24, 2.45) is 29.0 Å². The van der Waals surface area contributed by atoms with Gasteiger partial charge < -0.3 is 80.3 Å². The molecule has 0 unspecified atom stereocenters. The second kappa shape index (κ2) is 34.5. The minimum absolute atomic E-state index is 0.0519. The maximum atomic E-state index is 14.2. The standard InChI is InChI=1S/C53H82N16O12/c1-7-8-12-36(47(56)75)66-51(79)38(22-29(2)3)67-52(80)40(24-33-26-57-28-62-33)65-45(74)27-61-53(81)46(30(4)5)69-48(76)31(6)63-50(78)39(23-32-25-60-35-13-10-9-11-34(32)35)68-49(77)37(14-15-41(55)70)64-44(73)18-21-59-43(72)17-20-58-42(71)16-19-54/h9-11,13,25-26,28-31,36-40,46,60H,7-8,12,14-24,27,54H2,1-6H3,(H2,55,70)(H2,56,75)(H,57,62)(H,58,71)(H,59,72)(H,61,81)(H,63,78)(H,64,73)(H,65,74)(H,66,79)(H,67,80)(H,68,77)(H,69,76)/t31-,36-,37-,38-,39-,40-,46-/m0/s1. The highest BCUT2D eigenvalue weighted by molar-refractivity contribution is 5.98. The van der Waals surface area contributed by atoms with Crippen LogP contribution >= 0.6 is 0 Å². The number of fused-ring (bicyclic) bond motifs is 1. The fourth-order valence-electron chi connectivity index (χ4n) is 8.24. The molecule has 0 aliphatic carbocycles. The van der Waals surface area contributed by atoms with Gasteiger partial charge in [0, 0.05) is 87.1 Å². The van der Waals surface area contributed by atoms with E-state index in [1.165, 1.54) is 19.4 Å². The SMILES string of the molecule is CCCC[C@H](NC(=O)[C@H](CC(C)C)NC(=O)[C@H](Cc1cnc[nH]1)NC(=O)CNC(=O)[C@@H](NC(=O)[C@H](C)NC(=O)[C@H](Cc1c[nH]c2ccccc12)NC(=O)[C@H](CCC(N)=O)NC(=O)CCNC(=O)CCNC(=O)CCN)C(C)C)C(N)=O. The van der Waals surface area contributed by atoms with E-state index < -0.39 is 120 Å². The number of nitrogens with zero attached hydrogens (tertiary/aromatic N) is 1. The Labute approximate surface area is 470 Å². The van der Waals surface area contributed by atoms with Crippen LogP contribution in [0.25, 0.3) is 10.9 Å². The number of benzene rings is 1. The zero-order valence-corrected chi connectivity index (χ0v) is 46.9. The summed E-state index contributed by atoms with van der Waals surface area (Å²) in [7, 11) is 0. The fourth-order valence-corrected chi connectivity index (χ4v) is 8.24. The van der Waals surface area contributed by atoms with Gasteiger partial charge in [0.2, 0.25) is 70.9 Å². The molecule has 0 fully saturated rings. The van der Waals surface area contributed by atoms with E-state index in [9.17, 15) is 57.5 Å². The van der Waals surface area contributed by atoms with Gasteiger partial charge in [-0.05, 0) is 49.7 Å². The first-order valence-electron chi connectivity index (χ1n) is 27.1. The summed E-state index contributed by atoms with van der Waals surface area (Å²) in [5.74, 6) is -9.11. The van der Waals surface area contributed by atoms with Crippen LogP contribution in [0.2, 0.25) is 0 Å². The van der Waals surface area contributed by atoms with Crippen molar-refractivity contribution >= 4 is 81.8 Å². The van der Waals surface area contributed by atoms with Crippen LogP contribution in [0.5, 0.6) is 0 Å². The molecule has 0 saturated carbocycles. The number of para-hydroxylation sites is 1. The zero-order valence-electron chi connectivity index (χ0n) is 46.9. The summed E-state index contributed by atoms with van der Waals surface area (Å²) in [5, 5.41) is 26.6. The van der Waals surface area contributed by atoms with Gasteiger partial charge in [0.25, 0.3) is 0 Å². The van der Waals surface area contributed by atoms with Crippen LogP contribution in [0.1, 0.15) is 111 Å². The molecular weight excluding hydrogens is 1050 g/mol. The number of rotatable bonds is 37. The molecule has 28 heteroatoms. The van der Waals surface area contributed by atoms with Gasteiger partial charge in [-0.2, -0.15) is 0 Å². The Morgan fingerprint density at radius 1 is 0.580 bits per heavy atom. The van der Waals surface area contributed by atoms with E-state index in [1.54, 1.807) is 44.3 Å². The molecule has 0 bridgehead atoms. The number of unbranched alkanes of at least 4 members (excludes halogenated alkanes) is 1. The Morgan fingerprint density at radius 2 is 1.17 bits per heavy atom. The molecule has 2 aromatic heterocycles. The lowest BCUT2D eigenvalue weighted by Gasteiger charge is -2.26. The minimum atomic E-state index is -1.39. The van der Waals surface area contributed by atoms with Crippen LogP contribution in [-0.2, 0) is 70.4 Å². The third-order valence-electron chi connectivity index (χ3n) is 12.7. The number of nitrogens with one attached hydrogen (secondary N) is 12. The van der Waals surface area contributed by atoms with Crippen LogP contribution in [0.4, 0.5) is 0 Å². The molecule has 446 valence electrons. The summed E-state index contributed by atoms with van der Waals surface area (Å²) in [4.78, 5) is 167. The second-order valence-corrected chi connectivity index (χ2v) is 20.4. The number of amides is 12. The third kappa shape index (κ3) is 24.2. The summed E-state index contributed by atoms with van der Waals surface area (Å²) in [6, 6.07) is -1.56. The normalized spacial score (nSPS) is 13.7. The number of H-pyrrole nitrogens is 2. The highest BCUT2D eigenvalue weighted by Crippen LogP contribution is 2.20. The van der Waals surface area contributed by atoms with E-state index in [0.29, 0.717) is 24.1 Å². The van der Waals surface area contributed by atoms with Crippen LogP contribution in [-0.4, -0.2) is 154 Å². The van der Waals surface area contributed by atoms with Crippen LogP contribution in [0.15, 0.2) is 43.0 Å². The quantitative estimate of drug-likeness (QED) is 0.0278. The Morgan fingerprint density at radius 3 is 1.79 bits per heavy atom. The molecule has 1 aromatic carbocycles. The molecule has 18 N–H and O–H groups in total. The van der Waals surface area contributed by atoms with Gasteiger partial charge in [-0.25, -0.2) is 4.98 Å². The molecular formula is C53H82N16O12. The van der Waals surface area contributed by atoms with Gasteiger partial charge in [-0.15, -0.1) is 0 Å². The number of hydrogen-bond donors (Lipinski definition) is 15. The average molecular weight is 1140 g/mol. The number of nitrogens with two attached hydrogens (primary N) is 3. The molecule has 3 rings (SSSR count). The molecule has 2 heterocycles. The molecule has 28 nitrogen and oxygen atoms in total. The first-order chi connectivity index (χ1) is 38.4. The van der Waals surface area contributed by atoms with E-state index in [4.69, 9.17) is 17.2 Å². The van der Waals surface area contributed by atoms with Crippen molar-refractivity contribution in [2.75, 3.05) is 26.2 Å². The summed E-state index contributed by atoms with van der Waals surface area (Å²) in [6.07, 6.45) is 5.26. The van der Waals surface area contributed by atoms with Crippen LogP contribution in [0, 0.1) is 11.8 Å². The molecule has 0 spiro atoms. The maximum Gasteiger partial charge on any atom is 0.243 e. The number of carbonyl (C=O) groups is 12. The number of aromatic amines is 2. The van der Waals surface area contributed by atoms with E-state index in [2.05, 4.69) is 68.1 Å².